The number of ether oxygens (including phenoxy) is 4. The van der Waals surface area contributed by atoms with Crippen molar-refractivity contribution in [2.45, 2.75) is 57.8 Å². The zero-order chi connectivity index (χ0) is 24.3. The van der Waals surface area contributed by atoms with Gasteiger partial charge in [-0.15, -0.1) is 0 Å². The number of carboxylic acid groups (broad SMARTS) is 1. The molecule has 2 N–H and O–H groups in total. The molecule has 34 heavy (non-hydrogen) atoms. The zero-order valence-corrected chi connectivity index (χ0v) is 19.8. The van der Waals surface area contributed by atoms with Crippen LogP contribution in [0.3, 0.4) is 0 Å². The molecular formula is C25H31FN2O6. The fraction of sp³-hybridized carbons (Fsp3) is 0.520. The maximum absolute atomic E-state index is 15.6. The Bertz CT molecular complexity index is 1050. The van der Waals surface area contributed by atoms with Crippen LogP contribution in [0.4, 0.5) is 10.2 Å². The molecule has 9 heteroatoms. The van der Waals surface area contributed by atoms with E-state index in [4.69, 9.17) is 18.9 Å². The first-order valence-corrected chi connectivity index (χ1v) is 11.6. The van der Waals surface area contributed by atoms with Gasteiger partial charge in [-0.1, -0.05) is 0 Å². The fourth-order valence-corrected chi connectivity index (χ4v) is 4.15. The van der Waals surface area contributed by atoms with Gasteiger partial charge in [0.15, 0.2) is 11.6 Å². The van der Waals surface area contributed by atoms with Crippen LogP contribution >= 0.6 is 0 Å². The Kier molecular flexibility index (Phi) is 7.23. The summed E-state index contributed by atoms with van der Waals surface area (Å²) in [6.45, 7) is 4.80. The molecule has 0 bridgehead atoms. The van der Waals surface area contributed by atoms with E-state index in [1.54, 1.807) is 32.2 Å². The average Bonchev–Trinajstić information content (AvgIpc) is 3.66. The molecule has 2 fully saturated rings. The summed E-state index contributed by atoms with van der Waals surface area (Å²) in [5.41, 5.74) is 0.944. The van der Waals surface area contributed by atoms with E-state index < -0.39 is 17.3 Å². The normalized spacial score (nSPS) is 17.3. The molecule has 1 aromatic carbocycles. The maximum atomic E-state index is 15.6. The predicted octanol–water partition coefficient (Wildman–Crippen LogP) is 4.33. The van der Waals surface area contributed by atoms with Crippen LogP contribution in [0, 0.1) is 12.7 Å². The van der Waals surface area contributed by atoms with Gasteiger partial charge in [-0.3, -0.25) is 0 Å². The number of carbonyl (C=O) groups is 1. The highest BCUT2D eigenvalue weighted by Crippen LogP contribution is 2.40. The number of carboxylic acids is 1. The van der Waals surface area contributed by atoms with Crippen molar-refractivity contribution in [1.82, 2.24) is 4.98 Å². The molecule has 1 aliphatic carbocycles. The Morgan fingerprint density at radius 2 is 2.03 bits per heavy atom. The van der Waals surface area contributed by atoms with Crippen LogP contribution in [-0.4, -0.2) is 54.6 Å². The lowest BCUT2D eigenvalue weighted by molar-refractivity contribution is -0.145. The Balaban J connectivity index is 1.75. The number of pyridine rings is 1. The third-order valence-electron chi connectivity index (χ3n) is 6.33. The summed E-state index contributed by atoms with van der Waals surface area (Å²) < 4.78 is 37.9. The second-order valence-corrected chi connectivity index (χ2v) is 8.69. The van der Waals surface area contributed by atoms with Gasteiger partial charge in [0, 0.05) is 48.9 Å². The number of hydrogen-bond acceptors (Lipinski definition) is 7. The fourth-order valence-electron chi connectivity index (χ4n) is 4.15. The smallest absolute Gasteiger partial charge is 0.329 e. The van der Waals surface area contributed by atoms with Crippen LogP contribution in [-0.2, 0) is 20.9 Å². The first-order valence-electron chi connectivity index (χ1n) is 11.6. The number of nitrogens with zero attached hydrogens (tertiary/aromatic N) is 1. The highest BCUT2D eigenvalue weighted by Gasteiger charge is 2.40. The SMILES string of the molecule is CCOc1c(C)c(OC)cc(-c2cnc(NC3(C(=O)O)CCOCC3)cc2COC2CC2)c1F. The number of nitrogens with one attached hydrogen (secondary N) is 1. The summed E-state index contributed by atoms with van der Waals surface area (Å²) in [5, 5.41) is 13.0. The van der Waals surface area contributed by atoms with Crippen molar-refractivity contribution in [3.8, 4) is 22.6 Å². The number of rotatable bonds is 10. The monoisotopic (exact) mass is 474 g/mol. The van der Waals surface area contributed by atoms with E-state index in [0.717, 1.165) is 12.8 Å². The van der Waals surface area contributed by atoms with Crippen molar-refractivity contribution >= 4 is 11.8 Å². The Hall–Kier alpha value is -2.91. The van der Waals surface area contributed by atoms with Crippen molar-refractivity contribution < 1.29 is 33.2 Å². The molecule has 184 valence electrons. The van der Waals surface area contributed by atoms with Gasteiger partial charge in [0.2, 0.25) is 0 Å². The van der Waals surface area contributed by atoms with Crippen LogP contribution in [0.5, 0.6) is 11.5 Å². The minimum atomic E-state index is -1.16. The number of aliphatic carboxylic acids is 1. The minimum absolute atomic E-state index is 0.139. The highest BCUT2D eigenvalue weighted by molar-refractivity contribution is 5.83. The van der Waals surface area contributed by atoms with E-state index >= 15 is 4.39 Å². The maximum Gasteiger partial charge on any atom is 0.329 e. The van der Waals surface area contributed by atoms with E-state index in [2.05, 4.69) is 10.3 Å². The minimum Gasteiger partial charge on any atom is -0.496 e. The molecule has 1 aliphatic heterocycles. The first kappa shape index (κ1) is 24.2. The molecule has 1 aromatic heterocycles. The molecule has 2 aliphatic rings. The van der Waals surface area contributed by atoms with Gasteiger partial charge >= 0.3 is 5.97 Å². The molecule has 1 saturated carbocycles. The molecule has 2 aromatic rings. The molecule has 0 atom stereocenters. The van der Waals surface area contributed by atoms with Gasteiger partial charge in [0.05, 0.1) is 26.4 Å². The molecule has 2 heterocycles. The quantitative estimate of drug-likeness (QED) is 0.525. The standard InChI is InChI=1S/C25H31FN2O6/c1-4-33-23-15(2)20(31-3)12-18(22(23)26)19-13-27-21(11-16(19)14-34-17-5-6-17)28-25(24(29)30)7-9-32-10-8-25/h11-13,17H,4-10,14H2,1-3H3,(H,27,28)(H,29,30). The Labute approximate surface area is 198 Å². The van der Waals surface area contributed by atoms with Crippen molar-refractivity contribution in [3.63, 3.8) is 0 Å². The van der Waals surface area contributed by atoms with Crippen molar-refractivity contribution in [3.05, 3.63) is 35.3 Å². The first-order chi connectivity index (χ1) is 16.4. The summed E-state index contributed by atoms with van der Waals surface area (Å²) in [6.07, 6.45) is 4.37. The van der Waals surface area contributed by atoms with Gasteiger partial charge in [-0.2, -0.15) is 0 Å². The van der Waals surface area contributed by atoms with Gasteiger partial charge in [-0.25, -0.2) is 14.2 Å². The largest absolute Gasteiger partial charge is 0.496 e. The van der Waals surface area contributed by atoms with Crippen molar-refractivity contribution in [2.24, 2.45) is 0 Å². The summed E-state index contributed by atoms with van der Waals surface area (Å²) in [7, 11) is 1.53. The second kappa shape index (κ2) is 10.1. The zero-order valence-electron chi connectivity index (χ0n) is 19.8. The number of halogens is 1. The highest BCUT2D eigenvalue weighted by atomic mass is 19.1. The lowest BCUT2D eigenvalue weighted by Gasteiger charge is -2.34. The van der Waals surface area contributed by atoms with Crippen molar-refractivity contribution in [2.75, 3.05) is 32.2 Å². The molecule has 4 rings (SSSR count). The van der Waals surface area contributed by atoms with Crippen LogP contribution in [0.1, 0.15) is 43.7 Å². The van der Waals surface area contributed by atoms with E-state index in [9.17, 15) is 9.90 Å². The summed E-state index contributed by atoms with van der Waals surface area (Å²) in [6, 6.07) is 3.37. The molecule has 0 unspecified atom stereocenters. The Morgan fingerprint density at radius 3 is 2.65 bits per heavy atom. The van der Waals surface area contributed by atoms with Gasteiger partial charge in [-0.05, 0) is 44.4 Å². The molecule has 8 nitrogen and oxygen atoms in total. The number of methoxy groups -OCH3 is 1. The van der Waals surface area contributed by atoms with Crippen LogP contribution in [0.25, 0.3) is 11.1 Å². The average molecular weight is 475 g/mol. The lowest BCUT2D eigenvalue weighted by atomic mass is 9.90. The molecule has 0 spiro atoms. The summed E-state index contributed by atoms with van der Waals surface area (Å²) >= 11 is 0. The number of anilines is 1. The number of hydrogen-bond donors (Lipinski definition) is 2. The van der Waals surface area contributed by atoms with E-state index in [1.807, 2.05) is 0 Å². The van der Waals surface area contributed by atoms with Gasteiger partial charge in [0.25, 0.3) is 0 Å². The third-order valence-corrected chi connectivity index (χ3v) is 6.33. The molecule has 0 radical (unpaired) electrons. The third kappa shape index (κ3) is 4.95. The van der Waals surface area contributed by atoms with E-state index in [-0.39, 0.29) is 18.5 Å². The van der Waals surface area contributed by atoms with Crippen LogP contribution in [0.2, 0.25) is 0 Å². The lowest BCUT2D eigenvalue weighted by Crippen LogP contribution is -2.50. The van der Waals surface area contributed by atoms with Crippen LogP contribution < -0.4 is 14.8 Å². The van der Waals surface area contributed by atoms with Gasteiger partial charge < -0.3 is 29.4 Å². The number of aromatic nitrogens is 1. The second-order valence-electron chi connectivity index (χ2n) is 8.69. The number of benzene rings is 1. The molecule has 0 amide bonds. The van der Waals surface area contributed by atoms with Crippen molar-refractivity contribution in [1.29, 1.82) is 0 Å². The van der Waals surface area contributed by atoms with E-state index in [1.165, 1.54) is 7.11 Å². The molecular weight excluding hydrogens is 443 g/mol. The predicted molar refractivity (Wildman–Crippen MR) is 124 cm³/mol. The summed E-state index contributed by atoms with van der Waals surface area (Å²) in [4.78, 5) is 16.5. The van der Waals surface area contributed by atoms with Gasteiger partial charge in [0.1, 0.15) is 17.1 Å². The Morgan fingerprint density at radius 1 is 1.29 bits per heavy atom. The van der Waals surface area contributed by atoms with E-state index in [0.29, 0.717) is 66.5 Å². The van der Waals surface area contributed by atoms with Crippen LogP contribution in [0.15, 0.2) is 18.3 Å². The topological polar surface area (TPSA) is 99.1 Å². The molecule has 1 saturated heterocycles. The summed E-state index contributed by atoms with van der Waals surface area (Å²) in [5.74, 6) is -0.412.